The molecule has 0 saturated carbocycles. The maximum Gasteiger partial charge on any atom is 0.247 e. The van der Waals surface area contributed by atoms with Crippen LogP contribution in [0.3, 0.4) is 0 Å². The lowest BCUT2D eigenvalue weighted by molar-refractivity contribution is -0.128. The number of hydrogen-bond donors (Lipinski definition) is 2. The number of carbonyl (C=O) groups is 2. The molecule has 0 aromatic heterocycles. The summed E-state index contributed by atoms with van der Waals surface area (Å²) in [6.07, 6.45) is 1.51. The van der Waals surface area contributed by atoms with Crippen LogP contribution in [-0.2, 0) is 14.4 Å². The molecule has 69 valence electrons. The Morgan fingerprint density at radius 3 is 2.67 bits per heavy atom. The molecule has 0 spiro atoms. The van der Waals surface area contributed by atoms with Gasteiger partial charge in [0.15, 0.2) is 0 Å². The van der Waals surface area contributed by atoms with Gasteiger partial charge in [0.2, 0.25) is 11.8 Å². The topological polar surface area (TPSA) is 81.4 Å². The van der Waals surface area contributed by atoms with Crippen molar-refractivity contribution in [1.82, 2.24) is 5.48 Å². The quantitative estimate of drug-likeness (QED) is 0.543. The van der Waals surface area contributed by atoms with Crippen molar-refractivity contribution >= 4 is 11.8 Å². The molecule has 0 aromatic rings. The van der Waals surface area contributed by atoms with Gasteiger partial charge in [-0.2, -0.15) is 0 Å². The third kappa shape index (κ3) is 5.67. The lowest BCUT2D eigenvalue weighted by atomic mass is 10.0. The highest BCUT2D eigenvalue weighted by atomic mass is 16.6. The summed E-state index contributed by atoms with van der Waals surface area (Å²) in [6, 6.07) is 0. The van der Waals surface area contributed by atoms with Crippen molar-refractivity contribution in [2.45, 2.75) is 13.3 Å². The molecule has 0 saturated heterocycles. The SMILES string of the molecule is CONC(=O)[CH][C@H](C)CC(N)=O. The van der Waals surface area contributed by atoms with Crippen LogP contribution in [0, 0.1) is 12.3 Å². The summed E-state index contributed by atoms with van der Waals surface area (Å²) < 4.78 is 0. The van der Waals surface area contributed by atoms with E-state index < -0.39 is 5.91 Å². The second-order valence-electron chi connectivity index (χ2n) is 2.48. The largest absolute Gasteiger partial charge is 0.370 e. The molecule has 2 amide bonds. The van der Waals surface area contributed by atoms with Crippen LogP contribution in [-0.4, -0.2) is 18.9 Å². The molecule has 0 aliphatic rings. The standard InChI is InChI=1S/C7H13N2O3/c1-5(3-6(8)10)4-7(11)9-12-2/h4-5H,3H2,1-2H3,(H2,8,10)(H,9,11)/t5-/m1/s1. The number of hydroxylamine groups is 1. The van der Waals surface area contributed by atoms with E-state index in [1.807, 2.05) is 0 Å². The van der Waals surface area contributed by atoms with E-state index in [1.165, 1.54) is 13.5 Å². The third-order valence-electron chi connectivity index (χ3n) is 1.16. The molecule has 0 aromatic carbocycles. The number of carbonyl (C=O) groups excluding carboxylic acids is 2. The van der Waals surface area contributed by atoms with E-state index in [1.54, 1.807) is 6.92 Å². The van der Waals surface area contributed by atoms with Gasteiger partial charge in [-0.25, -0.2) is 5.48 Å². The first-order valence-corrected chi connectivity index (χ1v) is 3.52. The minimum Gasteiger partial charge on any atom is -0.370 e. The predicted molar refractivity (Wildman–Crippen MR) is 42.4 cm³/mol. The highest BCUT2D eigenvalue weighted by Gasteiger charge is 2.11. The fourth-order valence-electron chi connectivity index (χ4n) is 0.769. The van der Waals surface area contributed by atoms with Crippen molar-refractivity contribution in [1.29, 1.82) is 0 Å². The van der Waals surface area contributed by atoms with Gasteiger partial charge in [0, 0.05) is 6.42 Å². The van der Waals surface area contributed by atoms with Crippen LogP contribution in [0.15, 0.2) is 0 Å². The average molecular weight is 173 g/mol. The normalized spacial score (nSPS) is 12.2. The molecule has 0 bridgehead atoms. The zero-order chi connectivity index (χ0) is 9.56. The highest BCUT2D eigenvalue weighted by molar-refractivity contribution is 5.85. The Hall–Kier alpha value is -1.10. The molecule has 0 heterocycles. The van der Waals surface area contributed by atoms with E-state index in [0.717, 1.165) is 0 Å². The van der Waals surface area contributed by atoms with Gasteiger partial charge in [-0.1, -0.05) is 6.92 Å². The van der Waals surface area contributed by atoms with Gasteiger partial charge in [-0.3, -0.25) is 14.4 Å². The number of nitrogens with two attached hydrogens (primary N) is 1. The van der Waals surface area contributed by atoms with Gasteiger partial charge in [0.25, 0.3) is 0 Å². The smallest absolute Gasteiger partial charge is 0.247 e. The second-order valence-corrected chi connectivity index (χ2v) is 2.48. The lowest BCUT2D eigenvalue weighted by Gasteiger charge is -2.06. The van der Waals surface area contributed by atoms with Gasteiger partial charge in [-0.15, -0.1) is 0 Å². The van der Waals surface area contributed by atoms with Crippen LogP contribution >= 0.6 is 0 Å². The molecule has 12 heavy (non-hydrogen) atoms. The first-order valence-electron chi connectivity index (χ1n) is 3.52. The Labute approximate surface area is 71.2 Å². The van der Waals surface area contributed by atoms with Crippen LogP contribution in [0.25, 0.3) is 0 Å². The predicted octanol–water partition coefficient (Wildman–Crippen LogP) is -0.620. The number of rotatable bonds is 5. The highest BCUT2D eigenvalue weighted by Crippen LogP contribution is 2.04. The molecule has 3 N–H and O–H groups in total. The number of nitrogens with one attached hydrogen (secondary N) is 1. The Kier molecular flexibility index (Phi) is 5.03. The molecular formula is C7H13N2O3. The van der Waals surface area contributed by atoms with Crippen LogP contribution in [0.1, 0.15) is 13.3 Å². The maximum atomic E-state index is 10.8. The molecule has 0 aliphatic heterocycles. The van der Waals surface area contributed by atoms with E-state index in [4.69, 9.17) is 5.73 Å². The Bertz CT molecular complexity index is 170. The summed E-state index contributed by atoms with van der Waals surface area (Å²) >= 11 is 0. The molecule has 0 unspecified atom stereocenters. The zero-order valence-electron chi connectivity index (χ0n) is 7.16. The van der Waals surface area contributed by atoms with Crippen molar-refractivity contribution in [2.24, 2.45) is 11.7 Å². The molecule has 5 heteroatoms. The van der Waals surface area contributed by atoms with Crippen molar-refractivity contribution in [3.05, 3.63) is 6.42 Å². The summed E-state index contributed by atoms with van der Waals surface area (Å²) in [6.45, 7) is 1.72. The third-order valence-corrected chi connectivity index (χ3v) is 1.16. The van der Waals surface area contributed by atoms with Crippen molar-refractivity contribution in [2.75, 3.05) is 7.11 Å². The summed E-state index contributed by atoms with van der Waals surface area (Å²) in [5, 5.41) is 0. The number of hydrogen-bond acceptors (Lipinski definition) is 3. The van der Waals surface area contributed by atoms with Crippen LogP contribution < -0.4 is 11.2 Å². The number of primary amides is 1. The van der Waals surface area contributed by atoms with E-state index in [0.29, 0.717) is 0 Å². The minimum atomic E-state index is -0.427. The maximum absolute atomic E-state index is 10.8. The molecule has 1 atom stereocenters. The summed E-state index contributed by atoms with van der Waals surface area (Å²) in [5.41, 5.74) is 7.02. The fourth-order valence-corrected chi connectivity index (χ4v) is 0.769. The first-order chi connectivity index (χ1) is 5.56. The summed E-state index contributed by atoms with van der Waals surface area (Å²) in [7, 11) is 1.34. The van der Waals surface area contributed by atoms with Gasteiger partial charge >= 0.3 is 0 Å². The van der Waals surface area contributed by atoms with Crippen molar-refractivity contribution < 1.29 is 14.4 Å². The van der Waals surface area contributed by atoms with Crippen LogP contribution in [0.5, 0.6) is 0 Å². The Balaban J connectivity index is 3.61. The number of amides is 2. The zero-order valence-corrected chi connectivity index (χ0v) is 7.16. The molecule has 0 aliphatic carbocycles. The van der Waals surface area contributed by atoms with E-state index >= 15 is 0 Å². The molecule has 1 radical (unpaired) electrons. The van der Waals surface area contributed by atoms with Crippen LogP contribution in [0.2, 0.25) is 0 Å². The van der Waals surface area contributed by atoms with Crippen LogP contribution in [0.4, 0.5) is 0 Å². The van der Waals surface area contributed by atoms with E-state index in [9.17, 15) is 9.59 Å². The van der Waals surface area contributed by atoms with Gasteiger partial charge < -0.3 is 5.73 Å². The van der Waals surface area contributed by atoms with Crippen molar-refractivity contribution in [3.63, 3.8) is 0 Å². The summed E-state index contributed by atoms with van der Waals surface area (Å²) in [4.78, 5) is 25.5. The Morgan fingerprint density at radius 2 is 2.25 bits per heavy atom. The van der Waals surface area contributed by atoms with E-state index in [2.05, 4.69) is 10.3 Å². The van der Waals surface area contributed by atoms with E-state index in [-0.39, 0.29) is 18.2 Å². The first kappa shape index (κ1) is 10.9. The van der Waals surface area contributed by atoms with Crippen molar-refractivity contribution in [3.8, 4) is 0 Å². The fraction of sp³-hybridized carbons (Fsp3) is 0.571. The molecule has 0 rings (SSSR count). The summed E-state index contributed by atoms with van der Waals surface area (Å²) in [5.74, 6) is -0.965. The monoisotopic (exact) mass is 173 g/mol. The molecular weight excluding hydrogens is 160 g/mol. The van der Waals surface area contributed by atoms with Gasteiger partial charge in [0.1, 0.15) is 0 Å². The second kappa shape index (κ2) is 5.54. The minimum absolute atomic E-state index is 0.164. The van der Waals surface area contributed by atoms with Gasteiger partial charge in [0.05, 0.1) is 13.5 Å². The molecule has 5 nitrogen and oxygen atoms in total. The lowest BCUT2D eigenvalue weighted by Crippen LogP contribution is -2.26. The molecule has 0 fully saturated rings. The Morgan fingerprint density at radius 1 is 1.67 bits per heavy atom. The average Bonchev–Trinajstić information content (AvgIpc) is 1.84. The van der Waals surface area contributed by atoms with Gasteiger partial charge in [-0.05, 0) is 5.92 Å².